The van der Waals surface area contributed by atoms with E-state index >= 15 is 0 Å². The van der Waals surface area contributed by atoms with Gasteiger partial charge in [-0.2, -0.15) is 5.26 Å². The van der Waals surface area contributed by atoms with E-state index in [1.54, 1.807) is 48.5 Å². The molecule has 0 saturated carbocycles. The van der Waals surface area contributed by atoms with Gasteiger partial charge >= 0.3 is 0 Å². The fourth-order valence-corrected chi connectivity index (χ4v) is 3.82. The average Bonchev–Trinajstić information content (AvgIpc) is 3.23. The van der Waals surface area contributed by atoms with Crippen LogP contribution in [0.4, 0.5) is 0 Å². The molecule has 1 amide bonds. The molecule has 0 radical (unpaired) electrons. The molecule has 2 N–H and O–H groups in total. The third-order valence-corrected chi connectivity index (χ3v) is 6.14. The maximum atomic E-state index is 12.4. The van der Waals surface area contributed by atoms with Crippen LogP contribution in [0.5, 0.6) is 0 Å². The van der Waals surface area contributed by atoms with Crippen molar-refractivity contribution >= 4 is 33.6 Å². The molecule has 32 heavy (non-hydrogen) atoms. The third kappa shape index (κ3) is 6.31. The largest absolute Gasteiger partial charge is 0.460 e. The molecule has 0 aliphatic heterocycles. The van der Waals surface area contributed by atoms with Gasteiger partial charge in [0.05, 0.1) is 11.4 Å². The highest BCUT2D eigenvalue weighted by Crippen LogP contribution is 2.15. The molecule has 0 unspecified atom stereocenters. The van der Waals surface area contributed by atoms with Crippen molar-refractivity contribution < 1.29 is 17.6 Å². The Hall–Kier alpha value is -3.38. The number of benzene rings is 2. The number of amides is 1. The first kappa shape index (κ1) is 23.3. The second kappa shape index (κ2) is 10.3. The topological polar surface area (TPSA) is 112 Å². The van der Waals surface area contributed by atoms with Gasteiger partial charge in [-0.05, 0) is 48.9 Å². The molecule has 0 atom stereocenters. The number of carbonyl (C=O) groups excluding carboxylic acids is 1. The fraction of sp³-hybridized carbons (Fsp3) is 0.130. The summed E-state index contributed by atoms with van der Waals surface area (Å²) in [5.74, 6) is 0.0407. The van der Waals surface area contributed by atoms with E-state index in [4.69, 9.17) is 16.0 Å². The molecule has 0 bridgehead atoms. The van der Waals surface area contributed by atoms with E-state index in [0.717, 1.165) is 11.1 Å². The standard InChI is InChI=1S/C23H20ClN3O4S/c1-16-2-10-22(11-3-16)32(29,30)27-15-21-9-8-20(31-21)12-18(13-25)23(28)26-14-17-4-6-19(24)7-5-17/h2-12,27H,14-15H2,1H3,(H,26,28)/b18-12-. The number of carbonyl (C=O) groups is 1. The Balaban J connectivity index is 1.61. The summed E-state index contributed by atoms with van der Waals surface area (Å²) in [7, 11) is -3.69. The summed E-state index contributed by atoms with van der Waals surface area (Å²) in [6.07, 6.45) is 1.30. The number of rotatable bonds is 8. The highest BCUT2D eigenvalue weighted by Gasteiger charge is 2.15. The second-order valence-electron chi connectivity index (χ2n) is 6.92. The zero-order valence-electron chi connectivity index (χ0n) is 17.1. The van der Waals surface area contributed by atoms with Crippen molar-refractivity contribution in [3.05, 3.63) is 93.9 Å². The van der Waals surface area contributed by atoms with Gasteiger partial charge in [0.25, 0.3) is 5.91 Å². The van der Waals surface area contributed by atoms with Crippen molar-refractivity contribution in [3.8, 4) is 6.07 Å². The number of sulfonamides is 1. The normalized spacial score (nSPS) is 11.7. The molecule has 3 aromatic rings. The van der Waals surface area contributed by atoms with E-state index in [2.05, 4.69) is 10.0 Å². The van der Waals surface area contributed by atoms with Crippen LogP contribution in [-0.4, -0.2) is 14.3 Å². The summed E-state index contributed by atoms with van der Waals surface area (Å²) in [6, 6.07) is 18.4. The van der Waals surface area contributed by atoms with Crippen molar-refractivity contribution in [1.29, 1.82) is 5.26 Å². The molecule has 0 spiro atoms. The molecule has 1 heterocycles. The van der Waals surface area contributed by atoms with Gasteiger partial charge in [0.15, 0.2) is 0 Å². The van der Waals surface area contributed by atoms with Crippen molar-refractivity contribution in [2.75, 3.05) is 0 Å². The molecule has 7 nitrogen and oxygen atoms in total. The minimum absolute atomic E-state index is 0.0747. The number of hydrogen-bond donors (Lipinski definition) is 2. The van der Waals surface area contributed by atoms with Gasteiger partial charge in [-0.1, -0.05) is 41.4 Å². The number of nitriles is 1. The van der Waals surface area contributed by atoms with Gasteiger partial charge < -0.3 is 9.73 Å². The van der Waals surface area contributed by atoms with Gasteiger partial charge in [0.2, 0.25) is 10.0 Å². The number of furan rings is 1. The lowest BCUT2D eigenvalue weighted by Crippen LogP contribution is -2.23. The maximum Gasteiger partial charge on any atom is 0.262 e. The fourth-order valence-electron chi connectivity index (χ4n) is 2.70. The summed E-state index contributed by atoms with van der Waals surface area (Å²) in [4.78, 5) is 12.5. The minimum atomic E-state index is -3.69. The molecular weight excluding hydrogens is 450 g/mol. The Morgan fingerprint density at radius 3 is 2.41 bits per heavy atom. The lowest BCUT2D eigenvalue weighted by molar-refractivity contribution is -0.117. The van der Waals surface area contributed by atoms with E-state index in [9.17, 15) is 18.5 Å². The molecule has 0 aliphatic rings. The molecule has 3 rings (SSSR count). The van der Waals surface area contributed by atoms with Gasteiger partial charge in [-0.25, -0.2) is 13.1 Å². The Morgan fingerprint density at radius 1 is 1.06 bits per heavy atom. The Bertz CT molecular complexity index is 1270. The number of nitrogens with one attached hydrogen (secondary N) is 2. The monoisotopic (exact) mass is 469 g/mol. The van der Waals surface area contributed by atoms with Crippen LogP contribution in [-0.2, 0) is 27.9 Å². The molecule has 164 valence electrons. The van der Waals surface area contributed by atoms with Crippen LogP contribution in [0.15, 0.2) is 75.5 Å². The molecule has 2 aromatic carbocycles. The van der Waals surface area contributed by atoms with Crippen LogP contribution in [0.25, 0.3) is 6.08 Å². The number of halogens is 1. The lowest BCUT2D eigenvalue weighted by Gasteiger charge is -2.05. The summed E-state index contributed by atoms with van der Waals surface area (Å²) in [6.45, 7) is 2.03. The zero-order valence-corrected chi connectivity index (χ0v) is 18.7. The molecule has 0 saturated heterocycles. The molecule has 0 fully saturated rings. The summed E-state index contributed by atoms with van der Waals surface area (Å²) in [5.41, 5.74) is 1.65. The van der Waals surface area contributed by atoms with Gasteiger partial charge in [-0.15, -0.1) is 0 Å². The molecule has 1 aromatic heterocycles. The van der Waals surface area contributed by atoms with E-state index in [0.29, 0.717) is 10.8 Å². The number of aryl methyl sites for hydroxylation is 1. The van der Waals surface area contributed by atoms with Gasteiger partial charge in [0.1, 0.15) is 23.2 Å². The number of nitrogens with zero attached hydrogens (tertiary/aromatic N) is 1. The van der Waals surface area contributed by atoms with E-state index in [-0.39, 0.29) is 29.3 Å². The van der Waals surface area contributed by atoms with Gasteiger partial charge in [0, 0.05) is 17.6 Å². The van der Waals surface area contributed by atoms with Crippen LogP contribution in [0.3, 0.4) is 0 Å². The molecular formula is C23H20ClN3O4S. The van der Waals surface area contributed by atoms with E-state index in [1.165, 1.54) is 18.2 Å². The van der Waals surface area contributed by atoms with Crippen molar-refractivity contribution in [2.45, 2.75) is 24.9 Å². The lowest BCUT2D eigenvalue weighted by atomic mass is 10.2. The quantitative estimate of drug-likeness (QED) is 0.383. The van der Waals surface area contributed by atoms with Crippen molar-refractivity contribution in [2.24, 2.45) is 0 Å². The van der Waals surface area contributed by atoms with Gasteiger partial charge in [-0.3, -0.25) is 4.79 Å². The predicted octanol–water partition coefficient (Wildman–Crippen LogP) is 3.94. The van der Waals surface area contributed by atoms with Crippen LogP contribution in [0, 0.1) is 18.3 Å². The number of hydrogen-bond acceptors (Lipinski definition) is 5. The first-order valence-electron chi connectivity index (χ1n) is 9.56. The average molecular weight is 470 g/mol. The molecule has 9 heteroatoms. The Morgan fingerprint density at radius 2 is 1.75 bits per heavy atom. The summed E-state index contributed by atoms with van der Waals surface area (Å²) < 4.78 is 32.8. The SMILES string of the molecule is Cc1ccc(S(=O)(=O)NCc2ccc(/C=C(/C#N)C(=O)NCc3ccc(Cl)cc3)o2)cc1. The Kier molecular flexibility index (Phi) is 7.49. The first-order valence-corrected chi connectivity index (χ1v) is 11.4. The minimum Gasteiger partial charge on any atom is -0.460 e. The van der Waals surface area contributed by atoms with Crippen molar-refractivity contribution in [3.63, 3.8) is 0 Å². The van der Waals surface area contributed by atoms with Crippen molar-refractivity contribution in [1.82, 2.24) is 10.0 Å². The van der Waals surface area contributed by atoms with E-state index in [1.807, 2.05) is 13.0 Å². The predicted molar refractivity (Wildman–Crippen MR) is 121 cm³/mol. The second-order valence-corrected chi connectivity index (χ2v) is 9.12. The highest BCUT2D eigenvalue weighted by atomic mass is 35.5. The smallest absolute Gasteiger partial charge is 0.262 e. The zero-order chi connectivity index (χ0) is 23.1. The third-order valence-electron chi connectivity index (χ3n) is 4.47. The summed E-state index contributed by atoms with van der Waals surface area (Å²) in [5, 5.41) is 12.6. The first-order chi connectivity index (χ1) is 15.3. The highest BCUT2D eigenvalue weighted by molar-refractivity contribution is 7.89. The Labute approximate surface area is 191 Å². The van der Waals surface area contributed by atoms with Crippen LogP contribution in [0.2, 0.25) is 5.02 Å². The van der Waals surface area contributed by atoms with Crippen LogP contribution < -0.4 is 10.0 Å². The van der Waals surface area contributed by atoms with E-state index < -0.39 is 15.9 Å². The molecule has 0 aliphatic carbocycles. The maximum absolute atomic E-state index is 12.4. The summed E-state index contributed by atoms with van der Waals surface area (Å²) >= 11 is 5.84. The van der Waals surface area contributed by atoms with Crippen LogP contribution in [0.1, 0.15) is 22.6 Å². The van der Waals surface area contributed by atoms with Crippen LogP contribution >= 0.6 is 11.6 Å².